The summed E-state index contributed by atoms with van der Waals surface area (Å²) in [4.78, 5) is 11.0. The van der Waals surface area contributed by atoms with Crippen LogP contribution in [0.15, 0.2) is 182 Å². The lowest BCUT2D eigenvalue weighted by atomic mass is 9.82. The summed E-state index contributed by atoms with van der Waals surface area (Å²) in [7, 11) is 0. The maximum atomic E-state index is 5.53. The fraction of sp³-hybridized carbons (Fsp3) is 0.0566. The SMILES string of the molecule is CC1(C)c2ccccc2-c2cc3c4ccccc4n(-c4nc(-c5ccc(-c6cccc7ccccc67)cc5)cc(-n5c6ccccc6c6ccccc65)n4)c3cc21. The van der Waals surface area contributed by atoms with Crippen molar-refractivity contribution < 1.29 is 0 Å². The summed E-state index contributed by atoms with van der Waals surface area (Å²) in [6.45, 7) is 4.69. The van der Waals surface area contributed by atoms with Gasteiger partial charge in [0, 0.05) is 38.6 Å². The van der Waals surface area contributed by atoms with E-state index in [0.717, 1.165) is 39.1 Å². The van der Waals surface area contributed by atoms with E-state index in [4.69, 9.17) is 9.97 Å². The summed E-state index contributed by atoms with van der Waals surface area (Å²) in [6, 6.07) is 65.7. The van der Waals surface area contributed by atoms with E-state index >= 15 is 0 Å². The molecule has 268 valence electrons. The van der Waals surface area contributed by atoms with Crippen LogP contribution in [0.25, 0.3) is 99.7 Å². The van der Waals surface area contributed by atoms with E-state index in [2.05, 4.69) is 205 Å². The molecule has 0 saturated heterocycles. The summed E-state index contributed by atoms with van der Waals surface area (Å²) in [5, 5.41) is 7.26. The van der Waals surface area contributed by atoms with Crippen LogP contribution in [0, 0.1) is 0 Å². The molecule has 1 aliphatic carbocycles. The number of aromatic nitrogens is 4. The summed E-state index contributed by atoms with van der Waals surface area (Å²) < 4.78 is 4.59. The fourth-order valence-corrected chi connectivity index (χ4v) is 9.63. The highest BCUT2D eigenvalue weighted by Gasteiger charge is 2.36. The molecule has 0 amide bonds. The molecule has 8 aromatic carbocycles. The Balaban J connectivity index is 1.13. The maximum absolute atomic E-state index is 5.53. The van der Waals surface area contributed by atoms with E-state index in [1.807, 2.05) is 0 Å². The lowest BCUT2D eigenvalue weighted by Crippen LogP contribution is -2.15. The van der Waals surface area contributed by atoms with Crippen LogP contribution in [-0.4, -0.2) is 19.1 Å². The second kappa shape index (κ2) is 11.8. The molecule has 0 N–H and O–H groups in total. The van der Waals surface area contributed by atoms with Crippen molar-refractivity contribution in [2.45, 2.75) is 19.3 Å². The number of nitrogens with zero attached hydrogens (tertiary/aromatic N) is 4. The van der Waals surface area contributed by atoms with Crippen molar-refractivity contribution in [2.75, 3.05) is 0 Å². The highest BCUT2D eigenvalue weighted by Crippen LogP contribution is 2.51. The highest BCUT2D eigenvalue weighted by atomic mass is 15.2. The van der Waals surface area contributed by atoms with Gasteiger partial charge in [-0.25, -0.2) is 4.98 Å². The third-order valence-electron chi connectivity index (χ3n) is 12.4. The van der Waals surface area contributed by atoms with Crippen LogP contribution in [-0.2, 0) is 5.41 Å². The summed E-state index contributed by atoms with van der Waals surface area (Å²) in [5.41, 5.74) is 13.8. The van der Waals surface area contributed by atoms with E-state index in [1.165, 1.54) is 65.7 Å². The average Bonchev–Trinajstić information content (AvgIpc) is 3.85. The zero-order valence-corrected chi connectivity index (χ0v) is 31.6. The molecule has 0 fully saturated rings. The average molecular weight is 729 g/mol. The van der Waals surface area contributed by atoms with Gasteiger partial charge in [0.2, 0.25) is 5.95 Å². The minimum absolute atomic E-state index is 0.149. The lowest BCUT2D eigenvalue weighted by molar-refractivity contribution is 0.661. The molecule has 0 atom stereocenters. The van der Waals surface area contributed by atoms with Crippen molar-refractivity contribution in [1.29, 1.82) is 0 Å². The highest BCUT2D eigenvalue weighted by molar-refractivity contribution is 6.12. The summed E-state index contributed by atoms with van der Waals surface area (Å²) in [5.74, 6) is 1.47. The van der Waals surface area contributed by atoms with Gasteiger partial charge in [-0.15, -0.1) is 0 Å². The van der Waals surface area contributed by atoms with Crippen LogP contribution < -0.4 is 0 Å². The van der Waals surface area contributed by atoms with Gasteiger partial charge in [0.15, 0.2) is 0 Å². The van der Waals surface area contributed by atoms with Gasteiger partial charge in [0.25, 0.3) is 0 Å². The van der Waals surface area contributed by atoms with Crippen LogP contribution in [0.2, 0.25) is 0 Å². The van der Waals surface area contributed by atoms with Crippen molar-refractivity contribution in [3.63, 3.8) is 0 Å². The van der Waals surface area contributed by atoms with Crippen LogP contribution in [0.5, 0.6) is 0 Å². The molecule has 3 aromatic heterocycles. The molecule has 0 saturated carbocycles. The van der Waals surface area contributed by atoms with Gasteiger partial charge in [-0.1, -0.05) is 159 Å². The van der Waals surface area contributed by atoms with Gasteiger partial charge in [0.1, 0.15) is 5.82 Å². The summed E-state index contributed by atoms with van der Waals surface area (Å²) in [6.07, 6.45) is 0. The first-order valence-electron chi connectivity index (χ1n) is 19.7. The third kappa shape index (κ3) is 4.62. The van der Waals surface area contributed by atoms with Crippen LogP contribution in [0.3, 0.4) is 0 Å². The van der Waals surface area contributed by atoms with Gasteiger partial charge >= 0.3 is 0 Å². The molecule has 57 heavy (non-hydrogen) atoms. The van der Waals surface area contributed by atoms with Gasteiger partial charge in [-0.2, -0.15) is 4.98 Å². The Morgan fingerprint density at radius 2 is 0.947 bits per heavy atom. The van der Waals surface area contributed by atoms with Crippen molar-refractivity contribution in [1.82, 2.24) is 19.1 Å². The Hall–Kier alpha value is -7.30. The molecule has 3 heterocycles. The zero-order valence-electron chi connectivity index (χ0n) is 31.6. The Kier molecular flexibility index (Phi) is 6.65. The fourth-order valence-electron chi connectivity index (χ4n) is 9.63. The normalized spacial score (nSPS) is 13.2. The van der Waals surface area contributed by atoms with E-state index < -0.39 is 0 Å². The quantitative estimate of drug-likeness (QED) is 0.181. The predicted octanol–water partition coefficient (Wildman–Crippen LogP) is 13.5. The second-order valence-electron chi connectivity index (χ2n) is 15.8. The Bertz CT molecular complexity index is 3380. The van der Waals surface area contributed by atoms with Gasteiger partial charge in [-0.05, 0) is 74.5 Å². The Morgan fingerprint density at radius 1 is 0.386 bits per heavy atom. The van der Waals surface area contributed by atoms with Gasteiger partial charge in [0.05, 0.1) is 27.8 Å². The van der Waals surface area contributed by atoms with E-state index in [9.17, 15) is 0 Å². The van der Waals surface area contributed by atoms with Crippen LogP contribution in [0.4, 0.5) is 0 Å². The number of hydrogen-bond donors (Lipinski definition) is 0. The molecule has 11 aromatic rings. The van der Waals surface area contributed by atoms with Crippen molar-refractivity contribution >= 4 is 54.4 Å². The molecular formula is C53H36N4. The minimum atomic E-state index is -0.149. The van der Waals surface area contributed by atoms with Crippen molar-refractivity contribution in [3.05, 3.63) is 193 Å². The second-order valence-corrected chi connectivity index (χ2v) is 15.8. The van der Waals surface area contributed by atoms with Gasteiger partial charge < -0.3 is 0 Å². The molecule has 4 heteroatoms. The lowest BCUT2D eigenvalue weighted by Gasteiger charge is -2.21. The molecule has 0 unspecified atom stereocenters. The molecule has 0 aliphatic heterocycles. The van der Waals surface area contributed by atoms with Crippen molar-refractivity contribution in [2.24, 2.45) is 0 Å². The smallest absolute Gasteiger partial charge is 0.237 e. The molecular weight excluding hydrogens is 693 g/mol. The first kappa shape index (κ1) is 32.0. The van der Waals surface area contributed by atoms with Gasteiger partial charge in [-0.3, -0.25) is 9.13 Å². The monoisotopic (exact) mass is 728 g/mol. The van der Waals surface area contributed by atoms with Crippen molar-refractivity contribution in [3.8, 4) is 45.3 Å². The van der Waals surface area contributed by atoms with E-state index in [-0.39, 0.29) is 5.41 Å². The van der Waals surface area contributed by atoms with Crippen LogP contribution >= 0.6 is 0 Å². The third-order valence-corrected chi connectivity index (χ3v) is 12.4. The Labute approximate surface area is 329 Å². The molecule has 0 radical (unpaired) electrons. The number of hydrogen-bond acceptors (Lipinski definition) is 2. The van der Waals surface area contributed by atoms with E-state index in [1.54, 1.807) is 0 Å². The number of rotatable bonds is 4. The number of benzene rings is 8. The predicted molar refractivity (Wildman–Crippen MR) is 237 cm³/mol. The molecule has 12 rings (SSSR count). The number of para-hydroxylation sites is 3. The molecule has 0 bridgehead atoms. The van der Waals surface area contributed by atoms with E-state index in [0.29, 0.717) is 5.95 Å². The Morgan fingerprint density at radius 3 is 1.68 bits per heavy atom. The number of fused-ring (bicyclic) bond motifs is 10. The zero-order chi connectivity index (χ0) is 37.8. The molecule has 1 aliphatic rings. The minimum Gasteiger partial charge on any atom is -0.294 e. The molecule has 4 nitrogen and oxygen atoms in total. The topological polar surface area (TPSA) is 35.6 Å². The molecule has 0 spiro atoms. The summed E-state index contributed by atoms with van der Waals surface area (Å²) >= 11 is 0. The van der Waals surface area contributed by atoms with Crippen LogP contribution in [0.1, 0.15) is 25.0 Å². The maximum Gasteiger partial charge on any atom is 0.237 e. The standard InChI is InChI=1S/C53H36N4/c1-53(2)44-22-9-5-17-38(44)42-30-43-41-20-8-12-25-49(41)57(50(43)31-45(42)53)52-54-46(35-28-26-34(27-29-35)37-21-13-15-33-14-3-4-16-36(33)37)32-51(55-52)56-47-23-10-6-18-39(47)40-19-7-11-24-48(40)56/h3-32H,1-2H3. The first-order valence-corrected chi connectivity index (χ1v) is 19.7. The largest absolute Gasteiger partial charge is 0.294 e. The first-order chi connectivity index (χ1) is 28.0.